The monoisotopic (exact) mass is 301 g/mol. The lowest BCUT2D eigenvalue weighted by Crippen LogP contribution is -2.28. The van der Waals surface area contributed by atoms with Crippen LogP contribution in [-0.4, -0.2) is 19.1 Å². The van der Waals surface area contributed by atoms with Gasteiger partial charge in [0, 0.05) is 6.42 Å². The number of halogens is 3. The molecular weight excluding hydrogens is 283 g/mol. The second kappa shape index (κ2) is 6.93. The van der Waals surface area contributed by atoms with Crippen molar-refractivity contribution in [2.24, 2.45) is 5.92 Å². The van der Waals surface area contributed by atoms with Gasteiger partial charge in [-0.3, -0.25) is 4.79 Å². The maximum absolute atomic E-state index is 12.4. The Morgan fingerprint density at radius 2 is 1.81 bits per heavy atom. The van der Waals surface area contributed by atoms with E-state index in [2.05, 4.69) is 5.32 Å². The summed E-state index contributed by atoms with van der Waals surface area (Å²) < 4.78 is 42.2. The average Bonchev–Trinajstić information content (AvgIpc) is 2.46. The van der Waals surface area contributed by atoms with Crippen LogP contribution in [0.2, 0.25) is 0 Å². The van der Waals surface area contributed by atoms with Crippen molar-refractivity contribution in [2.75, 3.05) is 13.1 Å². The van der Waals surface area contributed by atoms with E-state index >= 15 is 0 Å². The Balaban J connectivity index is 1.79. The number of piperidine rings is 1. The predicted molar refractivity (Wildman–Crippen MR) is 71.9 cm³/mol. The number of nitrogens with one attached hydrogen (secondary N) is 1. The molecule has 2 rings (SSSR count). The molecule has 0 atom stereocenters. The Hall–Kier alpha value is -1.56. The van der Waals surface area contributed by atoms with Gasteiger partial charge in [0.05, 0.1) is 5.56 Å². The highest BCUT2D eigenvalue weighted by Crippen LogP contribution is 2.30. The van der Waals surface area contributed by atoms with E-state index in [1.54, 1.807) is 0 Å². The highest BCUT2D eigenvalue weighted by atomic mass is 19.4. The first kappa shape index (κ1) is 15.8. The minimum absolute atomic E-state index is 0.151. The summed E-state index contributed by atoms with van der Waals surface area (Å²) in [6, 6.07) is 4.17. The van der Waals surface area contributed by atoms with Gasteiger partial charge >= 0.3 is 12.1 Å². The molecule has 0 bridgehead atoms. The van der Waals surface area contributed by atoms with Gasteiger partial charge in [0.15, 0.2) is 0 Å². The van der Waals surface area contributed by atoms with Crippen LogP contribution in [-0.2, 0) is 11.0 Å². The first-order chi connectivity index (χ1) is 9.95. The normalized spacial score (nSPS) is 16.7. The first-order valence-electron chi connectivity index (χ1n) is 7.04. The number of hydrogen-bond acceptors (Lipinski definition) is 3. The molecule has 1 aromatic rings. The topological polar surface area (TPSA) is 38.3 Å². The summed E-state index contributed by atoms with van der Waals surface area (Å²) in [4.78, 5) is 11.7. The van der Waals surface area contributed by atoms with Gasteiger partial charge in [-0.1, -0.05) is 0 Å². The fourth-order valence-corrected chi connectivity index (χ4v) is 2.39. The largest absolute Gasteiger partial charge is 0.427 e. The van der Waals surface area contributed by atoms with Crippen LogP contribution >= 0.6 is 0 Å². The second-order valence-electron chi connectivity index (χ2n) is 5.23. The van der Waals surface area contributed by atoms with Crippen LogP contribution in [0, 0.1) is 5.92 Å². The number of carbonyl (C=O) groups excluding carboxylic acids is 1. The van der Waals surface area contributed by atoms with Crippen LogP contribution in [0.3, 0.4) is 0 Å². The van der Waals surface area contributed by atoms with E-state index < -0.39 is 17.7 Å². The molecule has 0 amide bonds. The third-order valence-corrected chi connectivity index (χ3v) is 3.63. The lowest BCUT2D eigenvalue weighted by Gasteiger charge is -2.21. The molecule has 0 aliphatic carbocycles. The average molecular weight is 301 g/mol. The number of rotatable bonds is 4. The first-order valence-corrected chi connectivity index (χ1v) is 7.04. The Labute approximate surface area is 121 Å². The number of esters is 1. The summed E-state index contributed by atoms with van der Waals surface area (Å²) in [6.45, 7) is 1.94. The molecule has 21 heavy (non-hydrogen) atoms. The van der Waals surface area contributed by atoms with Crippen LogP contribution < -0.4 is 10.1 Å². The van der Waals surface area contributed by atoms with E-state index in [1.165, 1.54) is 12.1 Å². The molecular formula is C15H18F3NO2. The molecule has 1 N–H and O–H groups in total. The summed E-state index contributed by atoms with van der Waals surface area (Å²) in [5.41, 5.74) is -0.753. The Bertz CT molecular complexity index is 465. The van der Waals surface area contributed by atoms with Crippen molar-refractivity contribution in [3.8, 4) is 5.75 Å². The van der Waals surface area contributed by atoms with Crippen LogP contribution in [0.5, 0.6) is 5.75 Å². The third kappa shape index (κ3) is 5.04. The molecule has 0 aromatic heterocycles. The summed E-state index contributed by atoms with van der Waals surface area (Å²) in [5.74, 6) is 0.276. The summed E-state index contributed by atoms with van der Waals surface area (Å²) >= 11 is 0. The molecule has 0 spiro atoms. The molecule has 116 valence electrons. The highest BCUT2D eigenvalue weighted by molar-refractivity contribution is 5.72. The van der Waals surface area contributed by atoms with Crippen LogP contribution in [0.25, 0.3) is 0 Å². The summed E-state index contributed by atoms with van der Waals surface area (Å²) in [5, 5.41) is 3.25. The molecule has 3 nitrogen and oxygen atoms in total. The molecule has 0 unspecified atom stereocenters. The molecule has 1 heterocycles. The van der Waals surface area contributed by atoms with Gasteiger partial charge < -0.3 is 10.1 Å². The number of ether oxygens (including phenoxy) is 1. The lowest BCUT2D eigenvalue weighted by molar-refractivity contribution is -0.137. The molecule has 0 radical (unpaired) electrons. The minimum Gasteiger partial charge on any atom is -0.427 e. The van der Waals surface area contributed by atoms with E-state index in [-0.39, 0.29) is 5.75 Å². The van der Waals surface area contributed by atoms with E-state index in [0.717, 1.165) is 44.5 Å². The zero-order valence-electron chi connectivity index (χ0n) is 11.6. The van der Waals surface area contributed by atoms with Crippen molar-refractivity contribution in [1.82, 2.24) is 5.32 Å². The predicted octanol–water partition coefficient (Wildman–Crippen LogP) is 3.39. The molecule has 1 fully saturated rings. The fourth-order valence-electron chi connectivity index (χ4n) is 2.39. The molecule has 6 heteroatoms. The highest BCUT2D eigenvalue weighted by Gasteiger charge is 2.30. The maximum atomic E-state index is 12.4. The second-order valence-corrected chi connectivity index (χ2v) is 5.23. The Morgan fingerprint density at radius 3 is 2.38 bits per heavy atom. The number of alkyl halides is 3. The standard InChI is InChI=1S/C15H18F3NO2/c16-15(17,18)12-2-4-13(5-3-12)21-14(20)6-1-11-7-9-19-10-8-11/h2-5,11,19H,1,6-10H2. The molecule has 1 aromatic carbocycles. The summed E-state index contributed by atoms with van der Waals surface area (Å²) in [7, 11) is 0. The summed E-state index contributed by atoms with van der Waals surface area (Å²) in [6.07, 6.45) is -1.22. The van der Waals surface area contributed by atoms with Crippen LogP contribution in [0.15, 0.2) is 24.3 Å². The van der Waals surface area contributed by atoms with Crippen molar-refractivity contribution in [3.63, 3.8) is 0 Å². The van der Waals surface area contributed by atoms with Crippen molar-refractivity contribution in [3.05, 3.63) is 29.8 Å². The van der Waals surface area contributed by atoms with E-state index in [9.17, 15) is 18.0 Å². The Morgan fingerprint density at radius 1 is 1.19 bits per heavy atom. The van der Waals surface area contributed by atoms with E-state index in [1.807, 2.05) is 0 Å². The maximum Gasteiger partial charge on any atom is 0.416 e. The van der Waals surface area contributed by atoms with Crippen molar-refractivity contribution < 1.29 is 22.7 Å². The third-order valence-electron chi connectivity index (χ3n) is 3.63. The van der Waals surface area contributed by atoms with Gasteiger partial charge in [-0.05, 0) is 62.5 Å². The quantitative estimate of drug-likeness (QED) is 0.684. The SMILES string of the molecule is O=C(CCC1CCNCC1)Oc1ccc(C(F)(F)F)cc1. The zero-order valence-corrected chi connectivity index (χ0v) is 11.6. The molecule has 1 saturated heterocycles. The zero-order chi connectivity index (χ0) is 15.3. The minimum atomic E-state index is -4.38. The number of benzene rings is 1. The van der Waals surface area contributed by atoms with Gasteiger partial charge in [-0.2, -0.15) is 13.2 Å². The number of carbonyl (C=O) groups is 1. The molecule has 0 saturated carbocycles. The fraction of sp³-hybridized carbons (Fsp3) is 0.533. The molecule has 1 aliphatic rings. The number of hydrogen-bond donors (Lipinski definition) is 1. The van der Waals surface area contributed by atoms with Crippen molar-refractivity contribution in [1.29, 1.82) is 0 Å². The van der Waals surface area contributed by atoms with Crippen LogP contribution in [0.1, 0.15) is 31.2 Å². The van der Waals surface area contributed by atoms with Crippen molar-refractivity contribution in [2.45, 2.75) is 31.9 Å². The van der Waals surface area contributed by atoms with Crippen LogP contribution in [0.4, 0.5) is 13.2 Å². The van der Waals surface area contributed by atoms with Gasteiger partial charge in [0.1, 0.15) is 5.75 Å². The van der Waals surface area contributed by atoms with E-state index in [4.69, 9.17) is 4.74 Å². The van der Waals surface area contributed by atoms with Gasteiger partial charge in [0.25, 0.3) is 0 Å². The van der Waals surface area contributed by atoms with Gasteiger partial charge in [-0.15, -0.1) is 0 Å². The van der Waals surface area contributed by atoms with E-state index in [0.29, 0.717) is 12.3 Å². The van der Waals surface area contributed by atoms with Crippen molar-refractivity contribution >= 4 is 5.97 Å². The van der Waals surface area contributed by atoms with Gasteiger partial charge in [0.2, 0.25) is 0 Å². The molecule has 1 aliphatic heterocycles. The lowest BCUT2D eigenvalue weighted by atomic mass is 9.93. The smallest absolute Gasteiger partial charge is 0.416 e. The van der Waals surface area contributed by atoms with Gasteiger partial charge in [-0.25, -0.2) is 0 Å². The Kier molecular flexibility index (Phi) is 5.22.